The molecule has 1 aromatic carbocycles. The van der Waals surface area contributed by atoms with Gasteiger partial charge in [-0.3, -0.25) is 4.79 Å². The third-order valence-electron chi connectivity index (χ3n) is 3.83. The molecule has 2 aromatic rings. The number of nitrogens with zero attached hydrogens (tertiary/aromatic N) is 2. The highest BCUT2D eigenvalue weighted by atomic mass is 16.4. The summed E-state index contributed by atoms with van der Waals surface area (Å²) in [7, 11) is 0. The van der Waals surface area contributed by atoms with Crippen molar-refractivity contribution < 1.29 is 14.7 Å². The summed E-state index contributed by atoms with van der Waals surface area (Å²) in [6, 6.07) is 6.80. The topological polar surface area (TPSA) is 84.2 Å². The predicted octanol–water partition coefficient (Wildman–Crippen LogP) is 2.36. The van der Waals surface area contributed by atoms with Crippen LogP contribution in [0, 0.1) is 0 Å². The Kier molecular flexibility index (Phi) is 5.73. The van der Waals surface area contributed by atoms with Crippen molar-refractivity contribution in [3.8, 4) is 0 Å². The maximum Gasteiger partial charge on any atom is 0.326 e. The molecule has 0 spiro atoms. The Morgan fingerprint density at radius 3 is 2.70 bits per heavy atom. The molecule has 124 valence electrons. The van der Waals surface area contributed by atoms with Crippen LogP contribution in [0.25, 0.3) is 11.0 Å². The zero-order valence-corrected chi connectivity index (χ0v) is 13.6. The second kappa shape index (κ2) is 7.76. The van der Waals surface area contributed by atoms with E-state index in [1.165, 1.54) is 0 Å². The molecule has 1 unspecified atom stereocenters. The molecule has 0 bridgehead atoms. The number of carbonyl (C=O) groups is 2. The van der Waals surface area contributed by atoms with Crippen LogP contribution in [0.3, 0.4) is 0 Å². The Bertz CT molecular complexity index is 693. The second-order valence-electron chi connectivity index (χ2n) is 5.56. The van der Waals surface area contributed by atoms with E-state index in [2.05, 4.69) is 10.3 Å². The van der Waals surface area contributed by atoms with E-state index in [0.717, 1.165) is 29.7 Å². The molecule has 1 heterocycles. The van der Waals surface area contributed by atoms with E-state index in [9.17, 15) is 14.7 Å². The molecule has 1 atom stereocenters. The predicted molar refractivity (Wildman–Crippen MR) is 88.2 cm³/mol. The highest BCUT2D eigenvalue weighted by Gasteiger charge is 2.20. The molecule has 6 heteroatoms. The average molecular weight is 317 g/mol. The Hall–Kier alpha value is -2.37. The number of rotatable bonds is 8. The molecule has 2 N–H and O–H groups in total. The van der Waals surface area contributed by atoms with Crippen molar-refractivity contribution in [1.29, 1.82) is 0 Å². The molecule has 0 saturated carbocycles. The summed E-state index contributed by atoms with van der Waals surface area (Å²) in [5.74, 6) is -0.467. The molecule has 23 heavy (non-hydrogen) atoms. The summed E-state index contributed by atoms with van der Waals surface area (Å²) in [6.07, 6.45) is 2.82. The molecule has 0 saturated heterocycles. The van der Waals surface area contributed by atoms with Crippen molar-refractivity contribution in [3.05, 3.63) is 30.1 Å². The molecule has 0 radical (unpaired) electrons. The van der Waals surface area contributed by atoms with Crippen LogP contribution in [0.1, 0.15) is 38.9 Å². The van der Waals surface area contributed by atoms with Crippen molar-refractivity contribution >= 4 is 22.9 Å². The minimum Gasteiger partial charge on any atom is -0.480 e. The first-order valence-corrected chi connectivity index (χ1v) is 8.03. The number of carboxylic acids is 1. The summed E-state index contributed by atoms with van der Waals surface area (Å²) >= 11 is 0. The average Bonchev–Trinajstić information content (AvgIpc) is 2.89. The third-order valence-corrected chi connectivity index (χ3v) is 3.83. The standard InChI is InChI=1S/C17H23N3O3/c1-3-5-8-13(17(22)23)19-16(21)11-20-14-10-7-6-9-12(14)18-15(20)4-2/h6-7,9-10,13H,3-5,8,11H2,1-2H3,(H,19,21)(H,22,23). The smallest absolute Gasteiger partial charge is 0.326 e. The summed E-state index contributed by atoms with van der Waals surface area (Å²) in [6.45, 7) is 4.06. The lowest BCUT2D eigenvalue weighted by molar-refractivity contribution is -0.142. The van der Waals surface area contributed by atoms with Crippen LogP contribution in [0.15, 0.2) is 24.3 Å². The molecule has 0 aliphatic carbocycles. The molecular weight excluding hydrogens is 294 g/mol. The maximum atomic E-state index is 12.3. The van der Waals surface area contributed by atoms with E-state index in [1.54, 1.807) is 0 Å². The van der Waals surface area contributed by atoms with Gasteiger partial charge in [0.25, 0.3) is 0 Å². The molecule has 1 aromatic heterocycles. The lowest BCUT2D eigenvalue weighted by atomic mass is 10.1. The Labute approximate surface area is 135 Å². The third kappa shape index (κ3) is 4.09. The number of imidazole rings is 1. The van der Waals surface area contributed by atoms with Crippen LogP contribution in [-0.2, 0) is 22.6 Å². The number of benzene rings is 1. The van der Waals surface area contributed by atoms with Crippen LogP contribution >= 0.6 is 0 Å². The van der Waals surface area contributed by atoms with E-state index in [1.807, 2.05) is 42.7 Å². The largest absolute Gasteiger partial charge is 0.480 e. The summed E-state index contributed by atoms with van der Waals surface area (Å²) in [4.78, 5) is 28.0. The van der Waals surface area contributed by atoms with Crippen molar-refractivity contribution in [2.75, 3.05) is 0 Å². The van der Waals surface area contributed by atoms with Gasteiger partial charge in [0.1, 0.15) is 18.4 Å². The highest BCUT2D eigenvalue weighted by molar-refractivity contribution is 5.85. The van der Waals surface area contributed by atoms with E-state index in [4.69, 9.17) is 0 Å². The van der Waals surface area contributed by atoms with Gasteiger partial charge in [0.05, 0.1) is 11.0 Å². The van der Waals surface area contributed by atoms with E-state index in [-0.39, 0.29) is 12.5 Å². The minimum atomic E-state index is -0.988. The SMILES string of the molecule is CCCCC(NC(=O)Cn1c(CC)nc2ccccc21)C(=O)O. The number of fused-ring (bicyclic) bond motifs is 1. The number of aryl methyl sites for hydroxylation is 1. The Morgan fingerprint density at radius 2 is 2.04 bits per heavy atom. The maximum absolute atomic E-state index is 12.3. The van der Waals surface area contributed by atoms with Gasteiger partial charge in [0.15, 0.2) is 0 Å². The zero-order valence-electron chi connectivity index (χ0n) is 13.6. The van der Waals surface area contributed by atoms with Gasteiger partial charge < -0.3 is 15.0 Å². The van der Waals surface area contributed by atoms with Crippen LogP contribution in [-0.4, -0.2) is 32.6 Å². The molecule has 0 fully saturated rings. The van der Waals surface area contributed by atoms with Crippen molar-refractivity contribution in [1.82, 2.24) is 14.9 Å². The molecule has 1 amide bonds. The van der Waals surface area contributed by atoms with Crippen LogP contribution in [0.4, 0.5) is 0 Å². The first-order valence-electron chi connectivity index (χ1n) is 8.03. The number of aliphatic carboxylic acids is 1. The first kappa shape index (κ1) is 17.0. The number of hydrogen-bond acceptors (Lipinski definition) is 3. The Morgan fingerprint density at radius 1 is 1.30 bits per heavy atom. The second-order valence-corrected chi connectivity index (χ2v) is 5.56. The first-order chi connectivity index (χ1) is 11.1. The monoisotopic (exact) mass is 317 g/mol. The molecule has 0 aliphatic heterocycles. The number of carboxylic acid groups (broad SMARTS) is 1. The van der Waals surface area contributed by atoms with Gasteiger partial charge >= 0.3 is 5.97 Å². The lowest BCUT2D eigenvalue weighted by Crippen LogP contribution is -2.42. The zero-order chi connectivity index (χ0) is 16.8. The summed E-state index contributed by atoms with van der Waals surface area (Å²) in [5, 5.41) is 11.8. The quantitative estimate of drug-likeness (QED) is 0.783. The fraction of sp³-hybridized carbons (Fsp3) is 0.471. The number of carbonyl (C=O) groups excluding carboxylic acids is 1. The van der Waals surface area contributed by atoms with Crippen LogP contribution in [0.2, 0.25) is 0 Å². The minimum absolute atomic E-state index is 0.0829. The van der Waals surface area contributed by atoms with E-state index in [0.29, 0.717) is 12.8 Å². The summed E-state index contributed by atoms with van der Waals surface area (Å²) in [5.41, 5.74) is 1.73. The van der Waals surface area contributed by atoms with Gasteiger partial charge in [0.2, 0.25) is 5.91 Å². The van der Waals surface area contributed by atoms with Crippen molar-refractivity contribution in [2.45, 2.75) is 52.1 Å². The molecule has 2 rings (SSSR count). The number of para-hydroxylation sites is 2. The summed E-state index contributed by atoms with van der Waals surface area (Å²) < 4.78 is 1.85. The fourth-order valence-corrected chi connectivity index (χ4v) is 2.62. The lowest BCUT2D eigenvalue weighted by Gasteiger charge is -2.15. The number of amides is 1. The van der Waals surface area contributed by atoms with Gasteiger partial charge in [-0.25, -0.2) is 9.78 Å². The molecule has 0 aliphatic rings. The fourth-order valence-electron chi connectivity index (χ4n) is 2.62. The van der Waals surface area contributed by atoms with E-state index >= 15 is 0 Å². The van der Waals surface area contributed by atoms with Gasteiger partial charge in [-0.1, -0.05) is 38.8 Å². The number of nitrogens with one attached hydrogen (secondary N) is 1. The van der Waals surface area contributed by atoms with Gasteiger partial charge in [-0.2, -0.15) is 0 Å². The number of hydrogen-bond donors (Lipinski definition) is 2. The normalized spacial score (nSPS) is 12.3. The molecule has 6 nitrogen and oxygen atoms in total. The highest BCUT2D eigenvalue weighted by Crippen LogP contribution is 2.16. The molecular formula is C17H23N3O3. The van der Waals surface area contributed by atoms with Crippen molar-refractivity contribution in [3.63, 3.8) is 0 Å². The Balaban J connectivity index is 2.14. The van der Waals surface area contributed by atoms with Crippen LogP contribution in [0.5, 0.6) is 0 Å². The van der Waals surface area contributed by atoms with Crippen molar-refractivity contribution in [2.24, 2.45) is 0 Å². The number of aromatic nitrogens is 2. The van der Waals surface area contributed by atoms with Gasteiger partial charge in [-0.05, 0) is 18.6 Å². The van der Waals surface area contributed by atoms with Crippen LogP contribution < -0.4 is 5.32 Å². The van der Waals surface area contributed by atoms with Gasteiger partial charge in [0, 0.05) is 6.42 Å². The van der Waals surface area contributed by atoms with Gasteiger partial charge in [-0.15, -0.1) is 0 Å². The van der Waals surface area contributed by atoms with E-state index < -0.39 is 12.0 Å². The number of unbranched alkanes of at least 4 members (excludes halogenated alkanes) is 1.